The van der Waals surface area contributed by atoms with Crippen LogP contribution in [0.15, 0.2) is 86.0 Å². The molecule has 0 saturated carbocycles. The van der Waals surface area contributed by atoms with Gasteiger partial charge in [0.25, 0.3) is 0 Å². The van der Waals surface area contributed by atoms with Crippen LogP contribution in [-0.2, 0) is 5.41 Å². The van der Waals surface area contributed by atoms with E-state index < -0.39 is 0 Å². The van der Waals surface area contributed by atoms with Gasteiger partial charge in [-0.05, 0) is 77.8 Å². The Balaban J connectivity index is 2.04. The third kappa shape index (κ3) is 2.98. The van der Waals surface area contributed by atoms with E-state index in [0.717, 1.165) is 0 Å². The average molecular weight is 427 g/mol. The number of hydrogen-bond donors (Lipinski definition) is 0. The highest BCUT2D eigenvalue weighted by molar-refractivity contribution is 5.94. The molecule has 0 radical (unpaired) electrons. The van der Waals surface area contributed by atoms with Crippen LogP contribution in [-0.4, -0.2) is 0 Å². The Morgan fingerprint density at radius 2 is 1.09 bits per heavy atom. The van der Waals surface area contributed by atoms with Gasteiger partial charge in [-0.25, -0.2) is 0 Å². The summed E-state index contributed by atoms with van der Waals surface area (Å²) in [7, 11) is 0. The Bertz CT molecular complexity index is 1350. The summed E-state index contributed by atoms with van der Waals surface area (Å²) in [6, 6.07) is 27.4. The molecular formula is C33H30. The summed E-state index contributed by atoms with van der Waals surface area (Å²) < 4.78 is 0. The van der Waals surface area contributed by atoms with Crippen molar-refractivity contribution in [1.29, 1.82) is 0 Å². The molecule has 0 fully saturated rings. The van der Waals surface area contributed by atoms with Crippen LogP contribution in [0.2, 0.25) is 0 Å². The van der Waals surface area contributed by atoms with Gasteiger partial charge in [0.2, 0.25) is 0 Å². The molecule has 4 aromatic rings. The van der Waals surface area contributed by atoms with Gasteiger partial charge in [-0.15, -0.1) is 0 Å². The lowest BCUT2D eigenvalue weighted by Gasteiger charge is -2.34. The van der Waals surface area contributed by atoms with Crippen molar-refractivity contribution in [2.24, 2.45) is 0 Å². The van der Waals surface area contributed by atoms with Gasteiger partial charge in [0.05, 0.1) is 5.41 Å². The van der Waals surface area contributed by atoms with Crippen LogP contribution in [0.1, 0.15) is 55.6 Å². The average Bonchev–Trinajstić information content (AvgIpc) is 3.09. The SMILES string of the molecule is C=Cc1c(C)cc2c(c1C=C)-c1ccc(C)cc1C2(c1ccc(C)cc1)c1ccc(C)cc1. The van der Waals surface area contributed by atoms with E-state index in [4.69, 9.17) is 0 Å². The molecule has 1 aliphatic carbocycles. The van der Waals surface area contributed by atoms with E-state index in [0.29, 0.717) is 0 Å². The first kappa shape index (κ1) is 21.2. The van der Waals surface area contributed by atoms with Crippen molar-refractivity contribution in [3.63, 3.8) is 0 Å². The molecule has 1 aliphatic rings. The second-order valence-corrected chi connectivity index (χ2v) is 9.38. The summed E-state index contributed by atoms with van der Waals surface area (Å²) in [6.07, 6.45) is 3.98. The summed E-state index contributed by atoms with van der Waals surface area (Å²) in [5.41, 5.74) is 14.8. The Kier molecular flexibility index (Phi) is 4.98. The number of hydrogen-bond acceptors (Lipinski definition) is 0. The number of fused-ring (bicyclic) bond motifs is 3. The summed E-state index contributed by atoms with van der Waals surface area (Å²) in [5.74, 6) is 0. The lowest BCUT2D eigenvalue weighted by Crippen LogP contribution is -2.29. The second-order valence-electron chi connectivity index (χ2n) is 9.38. The third-order valence-corrected chi connectivity index (χ3v) is 7.24. The maximum absolute atomic E-state index is 4.22. The van der Waals surface area contributed by atoms with E-state index in [-0.39, 0.29) is 5.41 Å². The van der Waals surface area contributed by atoms with E-state index in [1.54, 1.807) is 0 Å². The lowest BCUT2D eigenvalue weighted by atomic mass is 9.67. The molecule has 0 N–H and O–H groups in total. The van der Waals surface area contributed by atoms with Gasteiger partial charge in [-0.2, -0.15) is 0 Å². The summed E-state index contributed by atoms with van der Waals surface area (Å²) >= 11 is 0. The first-order valence-electron chi connectivity index (χ1n) is 11.6. The van der Waals surface area contributed by atoms with E-state index in [1.807, 2.05) is 12.2 Å². The van der Waals surface area contributed by atoms with Crippen molar-refractivity contribution >= 4 is 12.2 Å². The van der Waals surface area contributed by atoms with Crippen LogP contribution in [0, 0.1) is 27.7 Å². The van der Waals surface area contributed by atoms with Crippen molar-refractivity contribution in [3.05, 3.63) is 142 Å². The van der Waals surface area contributed by atoms with Gasteiger partial charge in [0.1, 0.15) is 0 Å². The number of aryl methyl sites for hydroxylation is 4. The molecule has 5 rings (SSSR count). The van der Waals surface area contributed by atoms with Gasteiger partial charge in [0, 0.05) is 0 Å². The summed E-state index contributed by atoms with van der Waals surface area (Å²) in [4.78, 5) is 0. The van der Waals surface area contributed by atoms with Crippen LogP contribution in [0.25, 0.3) is 23.3 Å². The monoisotopic (exact) mass is 426 g/mol. The van der Waals surface area contributed by atoms with Gasteiger partial charge in [-0.1, -0.05) is 115 Å². The fourth-order valence-electron chi connectivity index (χ4n) is 5.65. The van der Waals surface area contributed by atoms with Gasteiger partial charge >= 0.3 is 0 Å². The number of rotatable bonds is 4. The zero-order valence-electron chi connectivity index (χ0n) is 20.0. The molecule has 0 spiro atoms. The first-order valence-corrected chi connectivity index (χ1v) is 11.6. The highest BCUT2D eigenvalue weighted by Gasteiger charge is 2.47. The molecule has 33 heavy (non-hydrogen) atoms. The Hall–Kier alpha value is -3.64. The van der Waals surface area contributed by atoms with Crippen molar-refractivity contribution in [1.82, 2.24) is 0 Å². The molecule has 0 amide bonds. The topological polar surface area (TPSA) is 0 Å². The molecule has 4 aromatic carbocycles. The lowest BCUT2D eigenvalue weighted by molar-refractivity contribution is 0.765. The molecule has 0 bridgehead atoms. The highest BCUT2D eigenvalue weighted by Crippen LogP contribution is 2.58. The van der Waals surface area contributed by atoms with Gasteiger partial charge < -0.3 is 0 Å². The Labute approximate surface area is 198 Å². The van der Waals surface area contributed by atoms with E-state index in [9.17, 15) is 0 Å². The van der Waals surface area contributed by atoms with Crippen molar-refractivity contribution in [3.8, 4) is 11.1 Å². The standard InChI is InChI=1S/C33H30/c1-7-27-24(6)20-31-32(28(27)8-2)29-18-13-23(5)19-30(29)33(31,25-14-9-21(3)10-15-25)26-16-11-22(4)12-17-26/h7-20H,1-2H2,3-6H3. The minimum atomic E-state index is -0.389. The predicted octanol–water partition coefficient (Wildman–Crippen LogP) is 8.57. The fourth-order valence-corrected chi connectivity index (χ4v) is 5.65. The molecule has 0 atom stereocenters. The van der Waals surface area contributed by atoms with Crippen LogP contribution >= 0.6 is 0 Å². The third-order valence-electron chi connectivity index (χ3n) is 7.24. The summed E-state index contributed by atoms with van der Waals surface area (Å²) in [6.45, 7) is 17.0. The minimum absolute atomic E-state index is 0.389. The highest BCUT2D eigenvalue weighted by atomic mass is 14.5. The Morgan fingerprint density at radius 1 is 0.576 bits per heavy atom. The normalized spacial score (nSPS) is 13.3. The van der Waals surface area contributed by atoms with Crippen molar-refractivity contribution < 1.29 is 0 Å². The summed E-state index contributed by atoms with van der Waals surface area (Å²) in [5, 5.41) is 0. The molecular weight excluding hydrogens is 396 g/mol. The number of benzene rings is 4. The van der Waals surface area contributed by atoms with Gasteiger partial charge in [0.15, 0.2) is 0 Å². The Morgan fingerprint density at radius 3 is 1.61 bits per heavy atom. The fraction of sp³-hybridized carbons (Fsp3) is 0.152. The van der Waals surface area contributed by atoms with Crippen LogP contribution in [0.3, 0.4) is 0 Å². The van der Waals surface area contributed by atoms with E-state index in [2.05, 4.69) is 114 Å². The van der Waals surface area contributed by atoms with Crippen molar-refractivity contribution in [2.75, 3.05) is 0 Å². The second kappa shape index (κ2) is 7.74. The maximum atomic E-state index is 4.22. The molecule has 0 heteroatoms. The van der Waals surface area contributed by atoms with Crippen LogP contribution < -0.4 is 0 Å². The predicted molar refractivity (Wildman–Crippen MR) is 143 cm³/mol. The van der Waals surface area contributed by atoms with E-state index in [1.165, 1.54) is 66.8 Å². The van der Waals surface area contributed by atoms with Crippen LogP contribution in [0.5, 0.6) is 0 Å². The quantitative estimate of drug-likeness (QED) is 0.270. The molecule has 162 valence electrons. The largest absolute Gasteiger partial charge is 0.0984 e. The van der Waals surface area contributed by atoms with Gasteiger partial charge in [-0.3, -0.25) is 0 Å². The molecule has 0 nitrogen and oxygen atoms in total. The molecule has 0 saturated heterocycles. The maximum Gasteiger partial charge on any atom is 0.0713 e. The van der Waals surface area contributed by atoms with Crippen LogP contribution in [0.4, 0.5) is 0 Å². The molecule has 0 unspecified atom stereocenters. The van der Waals surface area contributed by atoms with Crippen molar-refractivity contribution in [2.45, 2.75) is 33.1 Å². The minimum Gasteiger partial charge on any atom is -0.0984 e. The first-order chi connectivity index (χ1) is 15.9. The zero-order valence-corrected chi connectivity index (χ0v) is 20.0. The molecule has 0 aromatic heterocycles. The molecule has 0 heterocycles. The van der Waals surface area contributed by atoms with E-state index >= 15 is 0 Å². The molecule has 0 aliphatic heterocycles. The zero-order chi connectivity index (χ0) is 23.3. The smallest absolute Gasteiger partial charge is 0.0713 e.